The van der Waals surface area contributed by atoms with Crippen LogP contribution in [0.25, 0.3) is 17.0 Å². The monoisotopic (exact) mass is 342 g/mol. The van der Waals surface area contributed by atoms with Crippen LogP contribution in [0.3, 0.4) is 0 Å². The Morgan fingerprint density at radius 1 is 1.28 bits per heavy atom. The molecule has 3 rings (SSSR count). The van der Waals surface area contributed by atoms with Crippen LogP contribution in [-0.4, -0.2) is 19.8 Å². The first-order valence-electron chi connectivity index (χ1n) is 5.20. The molecule has 0 fully saturated rings. The molecule has 7 heteroatoms. The fourth-order valence-corrected chi connectivity index (χ4v) is 3.05. The fraction of sp³-hybridized carbons (Fsp3) is 0.182. The highest BCUT2D eigenvalue weighted by molar-refractivity contribution is 9.11. The van der Waals surface area contributed by atoms with Crippen LogP contribution in [0.4, 0.5) is 0 Å². The Morgan fingerprint density at radius 3 is 2.72 bits per heavy atom. The molecule has 0 atom stereocenters. The van der Waals surface area contributed by atoms with Crippen molar-refractivity contribution in [1.29, 1.82) is 0 Å². The summed E-state index contributed by atoms with van der Waals surface area (Å²) in [5.41, 5.74) is 3.66. The van der Waals surface area contributed by atoms with E-state index in [0.29, 0.717) is 11.0 Å². The van der Waals surface area contributed by atoms with Crippen LogP contribution < -0.4 is 0 Å². The van der Waals surface area contributed by atoms with Gasteiger partial charge in [-0.2, -0.15) is 9.61 Å². The second-order valence-electron chi connectivity index (χ2n) is 3.94. The number of thiophene rings is 1. The van der Waals surface area contributed by atoms with Gasteiger partial charge in [-0.25, -0.2) is 0 Å². The summed E-state index contributed by atoms with van der Waals surface area (Å²) in [6, 6.07) is 1.99. The van der Waals surface area contributed by atoms with Gasteiger partial charge < -0.3 is 0 Å². The minimum atomic E-state index is 0.482. The van der Waals surface area contributed by atoms with Gasteiger partial charge in [-0.05, 0) is 41.4 Å². The van der Waals surface area contributed by atoms with Crippen LogP contribution in [0.1, 0.15) is 11.1 Å². The molecule has 18 heavy (non-hydrogen) atoms. The molecule has 92 valence electrons. The van der Waals surface area contributed by atoms with E-state index >= 15 is 0 Å². The van der Waals surface area contributed by atoms with Crippen molar-refractivity contribution in [3.63, 3.8) is 0 Å². The second-order valence-corrected chi connectivity index (χ2v) is 6.59. The molecule has 0 radical (unpaired) electrons. The maximum absolute atomic E-state index is 6.12. The molecule has 0 aliphatic rings. The van der Waals surface area contributed by atoms with E-state index in [4.69, 9.17) is 11.6 Å². The van der Waals surface area contributed by atoms with Gasteiger partial charge in [0.2, 0.25) is 0 Å². The summed E-state index contributed by atoms with van der Waals surface area (Å²) in [7, 11) is 0. The molecule has 3 heterocycles. The largest absolute Gasteiger partial charge is 0.191 e. The quantitative estimate of drug-likeness (QED) is 0.673. The predicted molar refractivity (Wildman–Crippen MR) is 76.3 cm³/mol. The molecule has 3 aromatic heterocycles. The van der Waals surface area contributed by atoms with Gasteiger partial charge in [-0.15, -0.1) is 21.5 Å². The van der Waals surface area contributed by atoms with Gasteiger partial charge in [0.1, 0.15) is 0 Å². The third-order valence-corrected chi connectivity index (χ3v) is 4.73. The molecule has 0 saturated carbocycles. The third kappa shape index (κ3) is 1.75. The summed E-state index contributed by atoms with van der Waals surface area (Å²) in [5.74, 6) is 0.706. The zero-order chi connectivity index (χ0) is 12.9. The minimum absolute atomic E-state index is 0.482. The van der Waals surface area contributed by atoms with Crippen molar-refractivity contribution < 1.29 is 0 Å². The zero-order valence-corrected chi connectivity index (χ0v) is 12.8. The fourth-order valence-electron chi connectivity index (χ4n) is 1.70. The zero-order valence-electron chi connectivity index (χ0n) is 9.61. The maximum atomic E-state index is 6.12. The topological polar surface area (TPSA) is 43.1 Å². The SMILES string of the molecule is Cc1c(Cl)nn2c(-c3csc(Br)c3)nnc2c1C. The minimum Gasteiger partial charge on any atom is -0.191 e. The Bertz CT molecular complexity index is 749. The van der Waals surface area contributed by atoms with Gasteiger partial charge in [0, 0.05) is 16.5 Å². The normalized spacial score (nSPS) is 11.3. The van der Waals surface area contributed by atoms with Crippen molar-refractivity contribution in [3.8, 4) is 11.4 Å². The van der Waals surface area contributed by atoms with E-state index < -0.39 is 0 Å². The maximum Gasteiger partial charge on any atom is 0.186 e. The molecule has 3 aromatic rings. The Labute approximate surface area is 121 Å². The average molecular weight is 344 g/mol. The third-order valence-electron chi connectivity index (χ3n) is 2.86. The van der Waals surface area contributed by atoms with E-state index in [1.807, 2.05) is 25.3 Å². The molecule has 0 unspecified atom stereocenters. The first-order chi connectivity index (χ1) is 8.58. The molecule has 0 amide bonds. The molecule has 4 nitrogen and oxygen atoms in total. The van der Waals surface area contributed by atoms with Crippen LogP contribution in [0, 0.1) is 13.8 Å². The van der Waals surface area contributed by atoms with Crippen LogP contribution >= 0.6 is 38.9 Å². The second kappa shape index (κ2) is 4.29. The van der Waals surface area contributed by atoms with Gasteiger partial charge in [-0.1, -0.05) is 11.6 Å². The summed E-state index contributed by atoms with van der Waals surface area (Å²) in [5, 5.41) is 15.2. The molecule has 0 aliphatic heterocycles. The van der Waals surface area contributed by atoms with E-state index in [1.165, 1.54) is 0 Å². The Hall–Kier alpha value is -0.980. The number of aromatic nitrogens is 4. The molecule has 0 saturated heterocycles. The van der Waals surface area contributed by atoms with Crippen molar-refractivity contribution >= 4 is 44.5 Å². The predicted octanol–water partition coefficient (Wildman–Crippen LogP) is 3.89. The van der Waals surface area contributed by atoms with E-state index in [2.05, 4.69) is 31.2 Å². The average Bonchev–Trinajstić information content (AvgIpc) is 2.92. The van der Waals surface area contributed by atoms with Crippen molar-refractivity contribution in [2.45, 2.75) is 13.8 Å². The summed E-state index contributed by atoms with van der Waals surface area (Å²) in [6.45, 7) is 3.90. The van der Waals surface area contributed by atoms with Gasteiger partial charge in [0.25, 0.3) is 0 Å². The summed E-state index contributed by atoms with van der Waals surface area (Å²) >= 11 is 11.2. The van der Waals surface area contributed by atoms with Gasteiger partial charge in [0.15, 0.2) is 16.6 Å². The standard InChI is InChI=1S/C11H8BrClN4S/c1-5-6(2)10-14-15-11(17(10)16-9(5)13)7-3-8(12)18-4-7/h3-4H,1-2H3. The Kier molecular flexibility index (Phi) is 2.88. The van der Waals surface area contributed by atoms with Gasteiger partial charge >= 0.3 is 0 Å². The Balaban J connectivity index is 2.33. The molecule has 0 bridgehead atoms. The highest BCUT2D eigenvalue weighted by Crippen LogP contribution is 2.29. The van der Waals surface area contributed by atoms with Crippen molar-refractivity contribution in [2.24, 2.45) is 0 Å². The van der Waals surface area contributed by atoms with Crippen LogP contribution in [0.5, 0.6) is 0 Å². The number of rotatable bonds is 1. The first kappa shape index (κ1) is 12.1. The van der Waals surface area contributed by atoms with E-state index in [9.17, 15) is 0 Å². The van der Waals surface area contributed by atoms with Crippen molar-refractivity contribution in [2.75, 3.05) is 0 Å². The Morgan fingerprint density at radius 2 is 2.06 bits per heavy atom. The lowest BCUT2D eigenvalue weighted by atomic mass is 10.2. The molecule has 0 N–H and O–H groups in total. The number of aryl methyl sites for hydroxylation is 1. The van der Waals surface area contributed by atoms with Crippen molar-refractivity contribution in [1.82, 2.24) is 19.8 Å². The molecular formula is C11H8BrClN4S. The van der Waals surface area contributed by atoms with E-state index in [1.54, 1.807) is 15.9 Å². The first-order valence-corrected chi connectivity index (χ1v) is 7.25. The van der Waals surface area contributed by atoms with E-state index in [-0.39, 0.29) is 0 Å². The summed E-state index contributed by atoms with van der Waals surface area (Å²) in [6.07, 6.45) is 0. The lowest BCUT2D eigenvalue weighted by Crippen LogP contribution is -1.99. The number of nitrogens with zero attached hydrogens (tertiary/aromatic N) is 4. The summed E-state index contributed by atoms with van der Waals surface area (Å²) < 4.78 is 2.74. The summed E-state index contributed by atoms with van der Waals surface area (Å²) in [4.78, 5) is 0. The van der Waals surface area contributed by atoms with Crippen LogP contribution in [0.2, 0.25) is 5.15 Å². The molecular weight excluding hydrogens is 336 g/mol. The number of hydrogen-bond donors (Lipinski definition) is 0. The van der Waals surface area contributed by atoms with Crippen LogP contribution in [0.15, 0.2) is 15.2 Å². The lowest BCUT2D eigenvalue weighted by Gasteiger charge is -2.04. The van der Waals surface area contributed by atoms with Gasteiger partial charge in [-0.3, -0.25) is 0 Å². The molecule has 0 aromatic carbocycles. The number of hydrogen-bond acceptors (Lipinski definition) is 4. The molecule has 0 spiro atoms. The highest BCUT2D eigenvalue weighted by atomic mass is 79.9. The van der Waals surface area contributed by atoms with Crippen molar-refractivity contribution in [3.05, 3.63) is 31.5 Å². The van der Waals surface area contributed by atoms with Crippen LogP contribution in [-0.2, 0) is 0 Å². The van der Waals surface area contributed by atoms with E-state index in [0.717, 1.165) is 26.1 Å². The smallest absolute Gasteiger partial charge is 0.186 e. The number of fused-ring (bicyclic) bond motifs is 1. The molecule has 0 aliphatic carbocycles. The highest BCUT2D eigenvalue weighted by Gasteiger charge is 2.15. The lowest BCUT2D eigenvalue weighted by molar-refractivity contribution is 0.919. The number of halogens is 2. The van der Waals surface area contributed by atoms with Gasteiger partial charge in [0.05, 0.1) is 3.79 Å².